The fraction of sp³-hybridized carbons (Fsp3) is 0.500. The zero-order chi connectivity index (χ0) is 18.9. The van der Waals surface area contributed by atoms with E-state index in [4.69, 9.17) is 4.74 Å². The summed E-state index contributed by atoms with van der Waals surface area (Å²) in [7, 11) is 1.42. The minimum atomic E-state index is -0.896. The highest BCUT2D eigenvalue weighted by atomic mass is 17.2. The lowest BCUT2D eigenvalue weighted by Gasteiger charge is -2.31. The Kier molecular flexibility index (Phi) is 7.40. The Hall–Kier alpha value is -2.61. The third-order valence-electron chi connectivity index (χ3n) is 4.22. The number of ether oxygens (including phenoxy) is 1. The smallest absolute Gasteiger partial charge is 0.378 e. The van der Waals surface area contributed by atoms with Gasteiger partial charge in [-0.1, -0.05) is 30.3 Å². The molecule has 1 aromatic carbocycles. The first-order valence-corrected chi connectivity index (χ1v) is 8.53. The maximum absolute atomic E-state index is 12.4. The van der Waals surface area contributed by atoms with Crippen LogP contribution in [0.25, 0.3) is 0 Å². The molecule has 0 bridgehead atoms. The maximum atomic E-state index is 12.4. The van der Waals surface area contributed by atoms with Crippen molar-refractivity contribution in [2.24, 2.45) is 0 Å². The monoisotopic (exact) mass is 364 g/mol. The van der Waals surface area contributed by atoms with Gasteiger partial charge < -0.3 is 9.64 Å². The number of nitrogens with zero attached hydrogens (tertiary/aromatic N) is 2. The van der Waals surface area contributed by atoms with Gasteiger partial charge in [-0.3, -0.25) is 9.69 Å². The van der Waals surface area contributed by atoms with Gasteiger partial charge in [0.2, 0.25) is 5.91 Å². The van der Waals surface area contributed by atoms with E-state index in [0.717, 1.165) is 10.5 Å². The number of hydrogen-bond acceptors (Lipinski definition) is 6. The van der Waals surface area contributed by atoms with E-state index in [1.807, 2.05) is 30.3 Å². The molecule has 8 heteroatoms. The zero-order valence-electron chi connectivity index (χ0n) is 15.1. The second kappa shape index (κ2) is 9.76. The van der Waals surface area contributed by atoms with Crippen molar-refractivity contribution >= 4 is 18.0 Å². The molecule has 1 heterocycles. The Balaban J connectivity index is 1.73. The molecule has 0 aliphatic carbocycles. The fourth-order valence-electron chi connectivity index (χ4n) is 2.45. The van der Waals surface area contributed by atoms with Crippen LogP contribution in [0.3, 0.4) is 0 Å². The molecule has 0 spiro atoms. The van der Waals surface area contributed by atoms with Gasteiger partial charge in [-0.2, -0.15) is 0 Å². The van der Waals surface area contributed by atoms with Crippen molar-refractivity contribution < 1.29 is 28.9 Å². The number of morpholine rings is 1. The summed E-state index contributed by atoms with van der Waals surface area (Å²) in [6, 6.07) is 8.70. The molecule has 1 aliphatic heterocycles. The van der Waals surface area contributed by atoms with Gasteiger partial charge in [-0.25, -0.2) is 19.4 Å². The van der Waals surface area contributed by atoms with Crippen LogP contribution in [0.4, 0.5) is 4.79 Å². The summed E-state index contributed by atoms with van der Waals surface area (Å²) >= 11 is 0. The first-order chi connectivity index (χ1) is 12.5. The van der Waals surface area contributed by atoms with Gasteiger partial charge in [-0.05, 0) is 18.9 Å². The quantitative estimate of drug-likeness (QED) is 0.580. The lowest BCUT2D eigenvalue weighted by atomic mass is 10.1. The molecule has 1 aromatic rings. The van der Waals surface area contributed by atoms with E-state index >= 15 is 0 Å². The molecule has 0 saturated carbocycles. The van der Waals surface area contributed by atoms with E-state index in [1.54, 1.807) is 11.8 Å². The summed E-state index contributed by atoms with van der Waals surface area (Å²) in [6.45, 7) is 3.52. The number of amides is 2. The molecule has 142 valence electrons. The first-order valence-electron chi connectivity index (χ1n) is 8.53. The Bertz CT molecular complexity index is 615. The minimum absolute atomic E-state index is 0.0866. The number of rotatable bonds is 5. The SMILES string of the molecule is C[C@H](C(=O)N1CCOCC1)N(C)C(=O)OOC(=O)CCc1ccccc1. The molecule has 1 aliphatic rings. The third kappa shape index (κ3) is 5.73. The molecule has 2 rings (SSSR count). The van der Waals surface area contributed by atoms with Crippen molar-refractivity contribution in [1.82, 2.24) is 9.80 Å². The van der Waals surface area contributed by atoms with Gasteiger partial charge in [0.15, 0.2) is 0 Å². The molecule has 0 aromatic heterocycles. The number of carbonyl (C=O) groups excluding carboxylic acids is 3. The third-order valence-corrected chi connectivity index (χ3v) is 4.22. The normalized spacial score (nSPS) is 15.1. The summed E-state index contributed by atoms with van der Waals surface area (Å²) in [5.74, 6) is -0.856. The van der Waals surface area contributed by atoms with Crippen molar-refractivity contribution in [3.05, 3.63) is 35.9 Å². The van der Waals surface area contributed by atoms with Gasteiger partial charge in [-0.15, -0.1) is 0 Å². The van der Waals surface area contributed by atoms with E-state index in [-0.39, 0.29) is 12.3 Å². The summed E-state index contributed by atoms with van der Waals surface area (Å²) in [5.41, 5.74) is 0.984. The van der Waals surface area contributed by atoms with Crippen molar-refractivity contribution in [3.63, 3.8) is 0 Å². The van der Waals surface area contributed by atoms with Crippen LogP contribution >= 0.6 is 0 Å². The lowest BCUT2D eigenvalue weighted by Crippen LogP contribution is -2.51. The van der Waals surface area contributed by atoms with Gasteiger partial charge in [0.1, 0.15) is 6.04 Å². The molecule has 1 atom stereocenters. The molecular weight excluding hydrogens is 340 g/mol. The Morgan fingerprint density at radius 2 is 1.81 bits per heavy atom. The van der Waals surface area contributed by atoms with Crippen LogP contribution in [-0.4, -0.2) is 67.2 Å². The Morgan fingerprint density at radius 3 is 2.46 bits per heavy atom. The van der Waals surface area contributed by atoms with Crippen molar-refractivity contribution in [3.8, 4) is 0 Å². The minimum Gasteiger partial charge on any atom is -0.378 e. The van der Waals surface area contributed by atoms with Crippen LogP contribution in [0.5, 0.6) is 0 Å². The van der Waals surface area contributed by atoms with Crippen LogP contribution < -0.4 is 0 Å². The number of likely N-dealkylation sites (N-methyl/N-ethyl adjacent to an activating group) is 1. The molecule has 26 heavy (non-hydrogen) atoms. The number of hydrogen-bond donors (Lipinski definition) is 0. The van der Waals surface area contributed by atoms with Gasteiger partial charge in [0, 0.05) is 20.1 Å². The van der Waals surface area contributed by atoms with E-state index in [9.17, 15) is 14.4 Å². The largest absolute Gasteiger partial charge is 0.453 e. The van der Waals surface area contributed by atoms with E-state index in [2.05, 4.69) is 9.78 Å². The molecule has 1 saturated heterocycles. The summed E-state index contributed by atoms with van der Waals surface area (Å²) < 4.78 is 5.20. The van der Waals surface area contributed by atoms with Crippen LogP contribution in [-0.2, 0) is 30.5 Å². The van der Waals surface area contributed by atoms with E-state index in [0.29, 0.717) is 32.7 Å². The van der Waals surface area contributed by atoms with Gasteiger partial charge in [0.05, 0.1) is 19.6 Å². The predicted octanol–water partition coefficient (Wildman–Crippen LogP) is 1.39. The number of carbonyl (C=O) groups is 3. The second-order valence-electron chi connectivity index (χ2n) is 6.01. The molecule has 1 fully saturated rings. The lowest BCUT2D eigenvalue weighted by molar-refractivity contribution is -0.237. The standard InChI is InChI=1S/C18H24N2O6/c1-14(17(22)20-10-12-24-13-11-20)19(2)18(23)26-25-16(21)9-8-15-6-4-3-5-7-15/h3-7,14H,8-13H2,1-2H3/t14-/m1/s1. The van der Waals surface area contributed by atoms with E-state index in [1.165, 1.54) is 7.05 Å². The molecular formula is C18H24N2O6. The molecule has 2 amide bonds. The number of aryl methyl sites for hydroxylation is 1. The molecule has 0 N–H and O–H groups in total. The van der Waals surface area contributed by atoms with Crippen LogP contribution in [0.15, 0.2) is 30.3 Å². The predicted molar refractivity (Wildman–Crippen MR) is 92.0 cm³/mol. The van der Waals surface area contributed by atoms with Crippen molar-refractivity contribution in [1.29, 1.82) is 0 Å². The van der Waals surface area contributed by atoms with Crippen LogP contribution in [0.2, 0.25) is 0 Å². The van der Waals surface area contributed by atoms with Crippen molar-refractivity contribution in [2.75, 3.05) is 33.4 Å². The van der Waals surface area contributed by atoms with Crippen molar-refractivity contribution in [2.45, 2.75) is 25.8 Å². The average Bonchev–Trinajstić information content (AvgIpc) is 2.70. The molecule has 0 unspecified atom stereocenters. The molecule has 0 radical (unpaired) electrons. The average molecular weight is 364 g/mol. The highest BCUT2D eigenvalue weighted by Crippen LogP contribution is 2.08. The highest BCUT2D eigenvalue weighted by Gasteiger charge is 2.29. The van der Waals surface area contributed by atoms with E-state index < -0.39 is 18.1 Å². The maximum Gasteiger partial charge on any atom is 0.453 e. The Morgan fingerprint density at radius 1 is 1.15 bits per heavy atom. The Labute approximate surface area is 152 Å². The van der Waals surface area contributed by atoms with Gasteiger partial charge >= 0.3 is 12.1 Å². The second-order valence-corrected chi connectivity index (χ2v) is 6.01. The first kappa shape index (κ1) is 19.7. The summed E-state index contributed by atoms with van der Waals surface area (Å²) in [6.07, 6.45) is -0.324. The summed E-state index contributed by atoms with van der Waals surface area (Å²) in [4.78, 5) is 47.9. The molecule has 8 nitrogen and oxygen atoms in total. The van der Waals surface area contributed by atoms with Crippen LogP contribution in [0.1, 0.15) is 18.9 Å². The topological polar surface area (TPSA) is 85.4 Å². The van der Waals surface area contributed by atoms with Crippen LogP contribution in [0, 0.1) is 0 Å². The highest BCUT2D eigenvalue weighted by molar-refractivity contribution is 5.85. The summed E-state index contributed by atoms with van der Waals surface area (Å²) in [5, 5.41) is 0. The zero-order valence-corrected chi connectivity index (χ0v) is 15.1. The van der Waals surface area contributed by atoms with Gasteiger partial charge in [0.25, 0.3) is 0 Å². The number of benzene rings is 1. The fourth-order valence-corrected chi connectivity index (χ4v) is 2.45.